The minimum atomic E-state index is -1.36. The molecule has 2 spiro atoms. The molecule has 0 unspecified atom stereocenters. The fourth-order valence-corrected chi connectivity index (χ4v) is 10.0. The number of rotatable bonds is 13. The Morgan fingerprint density at radius 1 is 0.833 bits per heavy atom. The third-order valence-corrected chi connectivity index (χ3v) is 13.3. The summed E-state index contributed by atoms with van der Waals surface area (Å²) in [6.07, 6.45) is 5.33. The highest BCUT2D eigenvalue weighted by Gasteiger charge is 3.07. The van der Waals surface area contributed by atoms with Crippen molar-refractivity contribution in [2.75, 3.05) is 34.0 Å². The Hall–Kier alpha value is -7.99. The molecule has 17 nitrogen and oxygen atoms in total. The molecule has 6 N–H and O–H groups in total. The summed E-state index contributed by atoms with van der Waals surface area (Å²) in [5.41, 5.74) is -3.01. The zero-order valence-corrected chi connectivity index (χ0v) is 36.1. The highest BCUT2D eigenvalue weighted by atomic mass is 16.7. The first kappa shape index (κ1) is 42.0. The van der Waals surface area contributed by atoms with Gasteiger partial charge < -0.3 is 54.7 Å². The van der Waals surface area contributed by atoms with Crippen molar-refractivity contribution in [1.29, 1.82) is 0 Å². The molecule has 17 heteroatoms. The summed E-state index contributed by atoms with van der Waals surface area (Å²) >= 11 is 0. The lowest BCUT2D eigenvalue weighted by atomic mass is 9.31. The number of para-hydroxylation sites is 1. The van der Waals surface area contributed by atoms with Crippen molar-refractivity contribution < 1.29 is 43.3 Å². The number of hydrogen-bond donors (Lipinski definition) is 6. The van der Waals surface area contributed by atoms with E-state index in [1.54, 1.807) is 105 Å². The Balaban J connectivity index is 0.811. The molecule has 5 amide bonds. The number of H-pyrrole nitrogens is 1. The minimum Gasteiger partial charge on any atom is -0.484 e. The Morgan fingerprint density at radius 3 is 2.29 bits per heavy atom. The van der Waals surface area contributed by atoms with Crippen LogP contribution in [0.2, 0.25) is 0 Å². The van der Waals surface area contributed by atoms with Gasteiger partial charge in [-0.05, 0) is 98.1 Å². The van der Waals surface area contributed by atoms with Gasteiger partial charge in [-0.2, -0.15) is 0 Å². The Morgan fingerprint density at radius 2 is 1.56 bits per heavy atom. The van der Waals surface area contributed by atoms with E-state index in [0.29, 0.717) is 59.5 Å². The zero-order chi connectivity index (χ0) is 46.0. The molecule has 0 bridgehead atoms. The molecule has 3 fully saturated rings. The maximum Gasteiger partial charge on any atom is 0.420 e. The number of aromatic amines is 1. The molecule has 2 aromatic carbocycles. The van der Waals surface area contributed by atoms with Crippen molar-refractivity contribution in [3.8, 4) is 35.2 Å². The van der Waals surface area contributed by atoms with Crippen LogP contribution in [0, 0.1) is 29.1 Å². The molecule has 2 aliphatic heterocycles. The zero-order valence-electron chi connectivity index (χ0n) is 36.1. The van der Waals surface area contributed by atoms with E-state index in [0.717, 1.165) is 12.8 Å². The second-order valence-corrected chi connectivity index (χ2v) is 16.8. The van der Waals surface area contributed by atoms with Gasteiger partial charge in [-0.15, -0.1) is 0 Å². The lowest BCUT2D eigenvalue weighted by molar-refractivity contribution is -0.247. The molecule has 5 heterocycles. The number of epoxide rings is 1. The monoisotopic (exact) mass is 888 g/mol. The minimum absolute atomic E-state index is 0.219. The van der Waals surface area contributed by atoms with E-state index in [4.69, 9.17) is 14.2 Å². The standard InChI is InChI=1S/C49H44N8O9/c1-4-5-27-50-42(59)33-17-21-38(51-33)52-43(60)35-20-23-40(56(35)3)54-44(61)36-19-22-39(55(36)2)53-41(58)29-64-31-16-18-34-32(28-31)48-47(63)26-25-46(47)24-12-7-6-11-15-37(49(46,48)66-48)57(34)45(62)65-30-13-9-8-10-14-30/h6-10,13-14,16-23,28,37,51,63H,4-5,25-27,29H2,1-3H3,(H,50,59)(H,52,60)(H,53,58)(H,54,61)/b7-6-/t37-,46+,47-,48-,49+/m0/s1. The van der Waals surface area contributed by atoms with Crippen LogP contribution >= 0.6 is 0 Å². The van der Waals surface area contributed by atoms with E-state index >= 15 is 0 Å². The molecular weight excluding hydrogens is 845 g/mol. The Bertz CT molecular complexity index is 3040. The molecule has 334 valence electrons. The molecule has 3 aromatic heterocycles. The number of aromatic nitrogens is 3. The van der Waals surface area contributed by atoms with Crippen LogP contribution in [0.5, 0.6) is 11.5 Å². The highest BCUT2D eigenvalue weighted by Crippen LogP contribution is 2.92. The molecular formula is C49H44N8O9. The first-order chi connectivity index (χ1) is 31.9. The van der Waals surface area contributed by atoms with Crippen molar-refractivity contribution >= 4 is 52.9 Å². The van der Waals surface area contributed by atoms with Crippen LogP contribution in [0.3, 0.4) is 0 Å². The van der Waals surface area contributed by atoms with Crippen LogP contribution in [0.4, 0.5) is 27.9 Å². The van der Waals surface area contributed by atoms with E-state index in [-0.39, 0.29) is 23.0 Å². The Kier molecular flexibility index (Phi) is 9.94. The topological polar surface area (TPSA) is 214 Å². The molecule has 5 aliphatic rings. The summed E-state index contributed by atoms with van der Waals surface area (Å²) in [6.45, 7) is 2.16. The number of carbonyl (C=O) groups excluding carboxylic acids is 5. The first-order valence-electron chi connectivity index (χ1n) is 21.5. The summed E-state index contributed by atoms with van der Waals surface area (Å²) in [4.78, 5) is 70.8. The van der Waals surface area contributed by atoms with Crippen molar-refractivity contribution in [3.63, 3.8) is 0 Å². The maximum atomic E-state index is 14.1. The smallest absolute Gasteiger partial charge is 0.420 e. The summed E-state index contributed by atoms with van der Waals surface area (Å²) in [5, 5.41) is 23.5. The van der Waals surface area contributed by atoms with Crippen LogP contribution in [-0.2, 0) is 29.2 Å². The number of anilines is 4. The van der Waals surface area contributed by atoms with Crippen molar-refractivity contribution in [1.82, 2.24) is 19.4 Å². The molecule has 1 saturated heterocycles. The molecule has 0 radical (unpaired) electrons. The maximum absolute atomic E-state index is 14.1. The average molecular weight is 889 g/mol. The second kappa shape index (κ2) is 15.6. The van der Waals surface area contributed by atoms with Gasteiger partial charge in [0.2, 0.25) is 0 Å². The molecule has 5 atom stereocenters. The summed E-state index contributed by atoms with van der Waals surface area (Å²) in [7, 11) is 3.24. The van der Waals surface area contributed by atoms with Gasteiger partial charge in [0.15, 0.2) is 17.8 Å². The van der Waals surface area contributed by atoms with Gasteiger partial charge in [0.1, 0.15) is 57.7 Å². The highest BCUT2D eigenvalue weighted by molar-refractivity contribution is 6.06. The van der Waals surface area contributed by atoms with E-state index in [1.165, 1.54) is 14.0 Å². The largest absolute Gasteiger partial charge is 0.484 e. The summed E-state index contributed by atoms with van der Waals surface area (Å²) in [6, 6.07) is 22.3. The van der Waals surface area contributed by atoms with Crippen molar-refractivity contribution in [3.05, 3.63) is 120 Å². The van der Waals surface area contributed by atoms with Gasteiger partial charge >= 0.3 is 6.09 Å². The van der Waals surface area contributed by atoms with Crippen LogP contribution in [0.25, 0.3) is 0 Å². The van der Waals surface area contributed by atoms with E-state index in [1.807, 2.05) is 13.0 Å². The second-order valence-electron chi connectivity index (χ2n) is 16.8. The Labute approximate surface area is 378 Å². The number of allylic oxidation sites excluding steroid dienone is 2. The normalized spacial score (nSPS) is 24.6. The third kappa shape index (κ3) is 6.08. The van der Waals surface area contributed by atoms with E-state index in [9.17, 15) is 29.1 Å². The van der Waals surface area contributed by atoms with Gasteiger partial charge in [0.05, 0.1) is 11.1 Å². The molecule has 2 saturated carbocycles. The molecule has 66 heavy (non-hydrogen) atoms. The number of nitrogens with zero attached hydrogens (tertiary/aromatic N) is 3. The lowest BCUT2D eigenvalue weighted by Crippen LogP contribution is -2.85. The molecule has 3 aliphatic carbocycles. The SMILES string of the molecule is CCCCNC(=O)c1ccc(NC(=O)c2ccc(NC(=O)c3ccc(NC(=O)COc4ccc5c(c4)[C@@]46O[C@@]47[C@H](C#C/C=C\C#C[C@]74CC[C@]46O)N5C(=O)Oc4ccccc4)n3C)n2C)[nH]1. The number of nitrogens with one attached hydrogen (secondary N) is 5. The molecule has 10 rings (SSSR count). The third-order valence-electron chi connectivity index (χ3n) is 13.3. The quantitative estimate of drug-likeness (QED) is 0.0521. The number of fused-ring (bicyclic) bond motifs is 1. The number of amides is 5. The van der Waals surface area contributed by atoms with Gasteiger partial charge in [0.25, 0.3) is 23.6 Å². The fraction of sp³-hybridized carbons (Fsp3) is 0.286. The number of aliphatic hydroxyl groups is 1. The number of ether oxygens (including phenoxy) is 3. The fourth-order valence-electron chi connectivity index (χ4n) is 10.0. The number of hydrogen-bond acceptors (Lipinski definition) is 9. The lowest BCUT2D eigenvalue weighted by Gasteiger charge is -2.69. The van der Waals surface area contributed by atoms with Crippen LogP contribution in [0.15, 0.2) is 97.1 Å². The predicted molar refractivity (Wildman–Crippen MR) is 241 cm³/mol. The summed E-state index contributed by atoms with van der Waals surface area (Å²) < 4.78 is 21.6. The van der Waals surface area contributed by atoms with Gasteiger partial charge in [0, 0.05) is 26.2 Å². The number of benzene rings is 2. The van der Waals surface area contributed by atoms with Crippen LogP contribution in [-0.4, -0.2) is 79.3 Å². The van der Waals surface area contributed by atoms with Crippen molar-refractivity contribution in [2.45, 2.75) is 55.5 Å². The van der Waals surface area contributed by atoms with Gasteiger partial charge in [-0.3, -0.25) is 24.1 Å². The predicted octanol–water partition coefficient (Wildman–Crippen LogP) is 5.20. The average Bonchev–Trinajstić information content (AvgIpc) is 3.57. The number of carbonyl (C=O) groups is 5. The van der Waals surface area contributed by atoms with Crippen molar-refractivity contribution in [2.24, 2.45) is 19.5 Å². The van der Waals surface area contributed by atoms with E-state index in [2.05, 4.69) is 49.9 Å². The van der Waals surface area contributed by atoms with E-state index < -0.39 is 58.7 Å². The van der Waals surface area contributed by atoms with Crippen LogP contribution < -0.4 is 35.6 Å². The van der Waals surface area contributed by atoms with Gasteiger partial charge in [-0.25, -0.2) is 4.79 Å². The number of unbranched alkanes of at least 4 members (excludes halogenated alkanes) is 1. The molecule has 5 aromatic rings. The summed E-state index contributed by atoms with van der Waals surface area (Å²) in [5.74, 6) is 12.4. The first-order valence-corrected chi connectivity index (χ1v) is 21.5. The van der Waals surface area contributed by atoms with Crippen LogP contribution in [0.1, 0.15) is 69.6 Å². The van der Waals surface area contributed by atoms with Gasteiger partial charge in [-0.1, -0.05) is 55.2 Å².